The van der Waals surface area contributed by atoms with E-state index in [1.807, 2.05) is 19.0 Å². The van der Waals surface area contributed by atoms with Crippen LogP contribution in [0.1, 0.15) is 12.5 Å². The number of methoxy groups -OCH3 is 1. The quantitative estimate of drug-likeness (QED) is 0.769. The molecule has 112 valence electrons. The van der Waals surface area contributed by atoms with Crippen LogP contribution in [-0.4, -0.2) is 50.7 Å². The number of nitrogens with zero attached hydrogens (tertiary/aromatic N) is 1. The predicted octanol–water partition coefficient (Wildman–Crippen LogP) is 1.45. The van der Waals surface area contributed by atoms with Crippen LogP contribution in [0.15, 0.2) is 24.3 Å². The van der Waals surface area contributed by atoms with Crippen molar-refractivity contribution in [2.45, 2.75) is 18.9 Å². The molecule has 0 saturated heterocycles. The van der Waals surface area contributed by atoms with Crippen molar-refractivity contribution in [3.8, 4) is 0 Å². The lowest BCUT2D eigenvalue weighted by Crippen LogP contribution is -2.53. The van der Waals surface area contributed by atoms with Crippen LogP contribution in [0.2, 0.25) is 0 Å². The van der Waals surface area contributed by atoms with Gasteiger partial charge in [0.1, 0.15) is 11.4 Å². The predicted molar refractivity (Wildman–Crippen MR) is 77.1 cm³/mol. The molecule has 0 bridgehead atoms. The van der Waals surface area contributed by atoms with Crippen molar-refractivity contribution >= 4 is 5.97 Å². The fourth-order valence-corrected chi connectivity index (χ4v) is 2.01. The van der Waals surface area contributed by atoms with Gasteiger partial charge in [-0.1, -0.05) is 18.2 Å². The topological polar surface area (TPSA) is 41.6 Å². The van der Waals surface area contributed by atoms with Crippen LogP contribution in [0.25, 0.3) is 0 Å². The van der Waals surface area contributed by atoms with E-state index in [9.17, 15) is 9.18 Å². The second kappa shape index (κ2) is 7.36. The Balaban J connectivity index is 2.83. The lowest BCUT2D eigenvalue weighted by atomic mass is 9.92. The summed E-state index contributed by atoms with van der Waals surface area (Å²) in [5, 5.41) is 3.17. The molecule has 0 aromatic heterocycles. The minimum atomic E-state index is -0.938. The fourth-order valence-electron chi connectivity index (χ4n) is 2.01. The molecule has 0 radical (unpaired) electrons. The average molecular weight is 282 g/mol. The molecule has 0 spiro atoms. The maximum absolute atomic E-state index is 13.7. The van der Waals surface area contributed by atoms with E-state index in [2.05, 4.69) is 5.32 Å². The first-order chi connectivity index (χ1) is 9.39. The number of likely N-dealkylation sites (N-methyl/N-ethyl adjacent to an activating group) is 1. The third-order valence-electron chi connectivity index (χ3n) is 3.21. The smallest absolute Gasteiger partial charge is 0.326 e. The SMILES string of the molecule is COC(=O)C(C)(Cc1ccccc1F)NCCN(C)C. The highest BCUT2D eigenvalue weighted by Crippen LogP contribution is 2.17. The second-order valence-electron chi connectivity index (χ2n) is 5.32. The van der Waals surface area contributed by atoms with Crippen LogP contribution in [0.4, 0.5) is 4.39 Å². The summed E-state index contributed by atoms with van der Waals surface area (Å²) in [5.41, 5.74) is -0.440. The molecule has 1 rings (SSSR count). The lowest BCUT2D eigenvalue weighted by Gasteiger charge is -2.29. The van der Waals surface area contributed by atoms with Crippen molar-refractivity contribution in [2.75, 3.05) is 34.3 Å². The van der Waals surface area contributed by atoms with Gasteiger partial charge in [-0.15, -0.1) is 0 Å². The van der Waals surface area contributed by atoms with E-state index in [1.54, 1.807) is 25.1 Å². The number of nitrogens with one attached hydrogen (secondary N) is 1. The van der Waals surface area contributed by atoms with Gasteiger partial charge in [0.15, 0.2) is 0 Å². The van der Waals surface area contributed by atoms with E-state index in [-0.39, 0.29) is 18.2 Å². The molecule has 0 aliphatic rings. The van der Waals surface area contributed by atoms with Gasteiger partial charge in [0.2, 0.25) is 0 Å². The maximum Gasteiger partial charge on any atom is 0.326 e. The molecule has 0 aliphatic carbocycles. The van der Waals surface area contributed by atoms with E-state index < -0.39 is 5.54 Å². The molecule has 0 fully saturated rings. The number of halogens is 1. The molecule has 1 aromatic rings. The van der Waals surface area contributed by atoms with Crippen LogP contribution in [0, 0.1) is 5.82 Å². The van der Waals surface area contributed by atoms with Gasteiger partial charge in [-0.25, -0.2) is 4.39 Å². The van der Waals surface area contributed by atoms with E-state index in [0.717, 1.165) is 6.54 Å². The number of carbonyl (C=O) groups is 1. The molecule has 5 heteroatoms. The molecule has 0 saturated carbocycles. The normalized spacial score (nSPS) is 14.1. The zero-order chi connectivity index (χ0) is 15.2. The third-order valence-corrected chi connectivity index (χ3v) is 3.21. The Hall–Kier alpha value is -1.46. The zero-order valence-electron chi connectivity index (χ0n) is 12.6. The highest BCUT2D eigenvalue weighted by Gasteiger charge is 2.34. The van der Waals surface area contributed by atoms with E-state index in [1.165, 1.54) is 13.2 Å². The fraction of sp³-hybridized carbons (Fsp3) is 0.533. The molecule has 0 aliphatic heterocycles. The third kappa shape index (κ3) is 4.58. The highest BCUT2D eigenvalue weighted by atomic mass is 19.1. The molecule has 1 unspecified atom stereocenters. The molecule has 0 heterocycles. The Morgan fingerprint density at radius 2 is 2.05 bits per heavy atom. The van der Waals surface area contributed by atoms with E-state index >= 15 is 0 Å². The van der Waals surface area contributed by atoms with Gasteiger partial charge in [0.25, 0.3) is 0 Å². The molecule has 0 amide bonds. The van der Waals surface area contributed by atoms with Crippen LogP contribution < -0.4 is 5.32 Å². The van der Waals surface area contributed by atoms with Crippen LogP contribution in [0.5, 0.6) is 0 Å². The number of rotatable bonds is 7. The first kappa shape index (κ1) is 16.6. The van der Waals surface area contributed by atoms with Crippen LogP contribution in [0.3, 0.4) is 0 Å². The van der Waals surface area contributed by atoms with E-state index in [0.29, 0.717) is 12.1 Å². The summed E-state index contributed by atoms with van der Waals surface area (Å²) in [7, 11) is 5.25. The average Bonchev–Trinajstić information content (AvgIpc) is 2.40. The number of benzene rings is 1. The Kier molecular flexibility index (Phi) is 6.10. The van der Waals surface area contributed by atoms with Gasteiger partial charge in [-0.2, -0.15) is 0 Å². The van der Waals surface area contributed by atoms with Crippen molar-refractivity contribution in [1.29, 1.82) is 0 Å². The lowest BCUT2D eigenvalue weighted by molar-refractivity contribution is -0.147. The van der Waals surface area contributed by atoms with Crippen molar-refractivity contribution < 1.29 is 13.9 Å². The van der Waals surface area contributed by atoms with Crippen LogP contribution >= 0.6 is 0 Å². The minimum Gasteiger partial charge on any atom is -0.468 e. The Bertz CT molecular complexity index is 451. The summed E-state index contributed by atoms with van der Waals surface area (Å²) in [6, 6.07) is 6.47. The molecule has 4 nitrogen and oxygen atoms in total. The van der Waals surface area contributed by atoms with Crippen molar-refractivity contribution in [1.82, 2.24) is 10.2 Å². The van der Waals surface area contributed by atoms with Gasteiger partial charge < -0.3 is 15.0 Å². The molecule has 1 aromatic carbocycles. The summed E-state index contributed by atoms with van der Waals surface area (Å²) < 4.78 is 18.6. The molecule has 1 atom stereocenters. The largest absolute Gasteiger partial charge is 0.468 e. The van der Waals surface area contributed by atoms with E-state index in [4.69, 9.17) is 4.74 Å². The maximum atomic E-state index is 13.7. The van der Waals surface area contributed by atoms with Gasteiger partial charge in [-0.3, -0.25) is 4.79 Å². The Morgan fingerprint density at radius 3 is 2.60 bits per heavy atom. The number of carbonyl (C=O) groups excluding carboxylic acids is 1. The standard InChI is InChI=1S/C15H23FN2O2/c1-15(14(19)20-4,17-9-10-18(2)3)11-12-7-5-6-8-13(12)16/h5-8,17H,9-11H2,1-4H3. The summed E-state index contributed by atoms with van der Waals surface area (Å²) in [6.45, 7) is 3.14. The first-order valence-electron chi connectivity index (χ1n) is 6.60. The first-order valence-corrected chi connectivity index (χ1v) is 6.60. The summed E-state index contributed by atoms with van der Waals surface area (Å²) in [4.78, 5) is 14.0. The number of hydrogen-bond donors (Lipinski definition) is 1. The number of esters is 1. The summed E-state index contributed by atoms with van der Waals surface area (Å²) in [6.07, 6.45) is 0.250. The minimum absolute atomic E-state index is 0.250. The van der Waals surface area contributed by atoms with Crippen LogP contribution in [-0.2, 0) is 16.0 Å². The Labute approximate surface area is 119 Å². The Morgan fingerprint density at radius 1 is 1.40 bits per heavy atom. The number of ether oxygens (including phenoxy) is 1. The molecular formula is C15H23FN2O2. The monoisotopic (exact) mass is 282 g/mol. The van der Waals surface area contributed by atoms with Gasteiger partial charge in [0.05, 0.1) is 7.11 Å². The van der Waals surface area contributed by atoms with Gasteiger partial charge >= 0.3 is 5.97 Å². The van der Waals surface area contributed by atoms with Crippen molar-refractivity contribution in [3.05, 3.63) is 35.6 Å². The summed E-state index contributed by atoms with van der Waals surface area (Å²) in [5.74, 6) is -0.698. The molecule has 20 heavy (non-hydrogen) atoms. The highest BCUT2D eigenvalue weighted by molar-refractivity contribution is 5.80. The van der Waals surface area contributed by atoms with Crippen molar-refractivity contribution in [3.63, 3.8) is 0 Å². The molecule has 1 N–H and O–H groups in total. The van der Waals surface area contributed by atoms with Crippen molar-refractivity contribution in [2.24, 2.45) is 0 Å². The number of hydrogen-bond acceptors (Lipinski definition) is 4. The van der Waals surface area contributed by atoms with Gasteiger partial charge in [0, 0.05) is 19.5 Å². The molecular weight excluding hydrogens is 259 g/mol. The summed E-state index contributed by atoms with van der Waals surface area (Å²) >= 11 is 0. The van der Waals surface area contributed by atoms with Gasteiger partial charge in [-0.05, 0) is 32.6 Å². The second-order valence-corrected chi connectivity index (χ2v) is 5.32. The zero-order valence-corrected chi connectivity index (χ0v) is 12.6.